The molecule has 0 fully saturated rings. The summed E-state index contributed by atoms with van der Waals surface area (Å²) in [6, 6.07) is 8.34. The number of nitriles is 1. The summed E-state index contributed by atoms with van der Waals surface area (Å²) in [6.07, 6.45) is 0. The lowest BCUT2D eigenvalue weighted by Crippen LogP contribution is -2.24. The van der Waals surface area contributed by atoms with Gasteiger partial charge in [0.1, 0.15) is 13.2 Å². The maximum Gasteiger partial charge on any atom is 0.250 e. The minimum Gasteiger partial charge on any atom is -0.368 e. The van der Waals surface area contributed by atoms with Crippen molar-refractivity contribution < 1.29 is 14.3 Å². The Kier molecular flexibility index (Phi) is 4.66. The molecular weight excluding hydrogens is 222 g/mol. The number of carbonyl (C=O) groups excluding carboxylic acids is 2. The molecule has 88 valence electrons. The van der Waals surface area contributed by atoms with Crippen molar-refractivity contribution in [1.82, 2.24) is 0 Å². The summed E-state index contributed by atoms with van der Waals surface area (Å²) in [5.41, 5.74) is 5.90. The van der Waals surface area contributed by atoms with Gasteiger partial charge in [0.05, 0.1) is 11.6 Å². The second kappa shape index (κ2) is 6.25. The lowest BCUT2D eigenvalue weighted by molar-refractivity contribution is -0.126. The summed E-state index contributed by atoms with van der Waals surface area (Å²) in [6.45, 7) is -0.538. The van der Waals surface area contributed by atoms with Gasteiger partial charge in [-0.15, -0.1) is 0 Å². The first-order valence-electron chi connectivity index (χ1n) is 4.78. The van der Waals surface area contributed by atoms with E-state index in [1.54, 1.807) is 24.3 Å². The van der Waals surface area contributed by atoms with Gasteiger partial charge in [0.2, 0.25) is 11.8 Å². The zero-order chi connectivity index (χ0) is 12.7. The summed E-state index contributed by atoms with van der Waals surface area (Å²) >= 11 is 0. The molecule has 17 heavy (non-hydrogen) atoms. The van der Waals surface area contributed by atoms with Crippen LogP contribution in [0.2, 0.25) is 0 Å². The highest BCUT2D eigenvalue weighted by Gasteiger charge is 2.03. The molecule has 0 aromatic heterocycles. The molecule has 0 heterocycles. The number of hydrogen-bond donors (Lipinski definition) is 2. The Morgan fingerprint density at radius 3 is 2.47 bits per heavy atom. The number of amides is 2. The summed E-state index contributed by atoms with van der Waals surface area (Å²) < 4.78 is 4.74. The van der Waals surface area contributed by atoms with Gasteiger partial charge in [0.25, 0.3) is 0 Å². The maximum atomic E-state index is 11.3. The van der Waals surface area contributed by atoms with Gasteiger partial charge in [-0.05, 0) is 24.3 Å². The molecule has 0 unspecified atom stereocenters. The van der Waals surface area contributed by atoms with Crippen LogP contribution in [0.25, 0.3) is 0 Å². The normalized spacial score (nSPS) is 9.35. The van der Waals surface area contributed by atoms with Gasteiger partial charge in [0.15, 0.2) is 0 Å². The number of anilines is 1. The minimum absolute atomic E-state index is 0.247. The topological polar surface area (TPSA) is 105 Å². The third-order valence-electron chi connectivity index (χ3n) is 1.78. The first-order valence-corrected chi connectivity index (χ1v) is 4.78. The molecule has 6 nitrogen and oxygen atoms in total. The number of nitrogens with two attached hydrogens (primary N) is 1. The van der Waals surface area contributed by atoms with Crippen molar-refractivity contribution in [3.8, 4) is 6.07 Å². The van der Waals surface area contributed by atoms with Crippen LogP contribution in [0, 0.1) is 11.3 Å². The second-order valence-corrected chi connectivity index (χ2v) is 3.20. The highest BCUT2D eigenvalue weighted by molar-refractivity contribution is 5.91. The van der Waals surface area contributed by atoms with Crippen LogP contribution in [0.3, 0.4) is 0 Å². The Morgan fingerprint density at radius 1 is 1.29 bits per heavy atom. The number of primary amides is 1. The van der Waals surface area contributed by atoms with E-state index in [1.807, 2.05) is 6.07 Å². The summed E-state index contributed by atoms with van der Waals surface area (Å²) in [5.74, 6) is -1.02. The fraction of sp³-hybridized carbons (Fsp3) is 0.182. The summed E-state index contributed by atoms with van der Waals surface area (Å²) in [7, 11) is 0. The molecule has 0 bridgehead atoms. The Balaban J connectivity index is 2.40. The summed E-state index contributed by atoms with van der Waals surface area (Å²) in [5, 5.41) is 11.1. The van der Waals surface area contributed by atoms with Crippen molar-refractivity contribution in [2.45, 2.75) is 0 Å². The van der Waals surface area contributed by atoms with Crippen molar-refractivity contribution in [2.75, 3.05) is 18.5 Å². The SMILES string of the molecule is N#Cc1ccc(NC(=O)COCC(N)=O)cc1. The van der Waals surface area contributed by atoms with Crippen LogP contribution < -0.4 is 11.1 Å². The van der Waals surface area contributed by atoms with Crippen LogP contribution in [-0.2, 0) is 14.3 Å². The highest BCUT2D eigenvalue weighted by atomic mass is 16.5. The lowest BCUT2D eigenvalue weighted by atomic mass is 10.2. The predicted molar refractivity (Wildman–Crippen MR) is 59.8 cm³/mol. The Labute approximate surface area is 98.0 Å². The number of nitrogens with one attached hydrogen (secondary N) is 1. The first-order chi connectivity index (χ1) is 8.11. The summed E-state index contributed by atoms with van der Waals surface area (Å²) in [4.78, 5) is 21.6. The van der Waals surface area contributed by atoms with Crippen molar-refractivity contribution in [3.05, 3.63) is 29.8 Å². The fourth-order valence-electron chi connectivity index (χ4n) is 1.07. The van der Waals surface area contributed by atoms with E-state index in [4.69, 9.17) is 15.7 Å². The van der Waals surface area contributed by atoms with Crippen molar-refractivity contribution in [2.24, 2.45) is 5.73 Å². The van der Waals surface area contributed by atoms with Crippen molar-refractivity contribution >= 4 is 17.5 Å². The average Bonchev–Trinajstić information content (AvgIpc) is 2.29. The van der Waals surface area contributed by atoms with Crippen LogP contribution in [0.1, 0.15) is 5.56 Å². The predicted octanol–water partition coefficient (Wildman–Crippen LogP) is -0.00132. The van der Waals surface area contributed by atoms with Crippen LogP contribution in [0.5, 0.6) is 0 Å². The van der Waals surface area contributed by atoms with Crippen LogP contribution in [-0.4, -0.2) is 25.0 Å². The molecule has 0 atom stereocenters. The highest BCUT2D eigenvalue weighted by Crippen LogP contribution is 2.08. The minimum atomic E-state index is -0.629. The van der Waals surface area contributed by atoms with Gasteiger partial charge < -0.3 is 15.8 Å². The largest absolute Gasteiger partial charge is 0.368 e. The van der Waals surface area contributed by atoms with E-state index in [2.05, 4.69) is 5.32 Å². The Morgan fingerprint density at radius 2 is 1.94 bits per heavy atom. The molecule has 0 aliphatic rings. The van der Waals surface area contributed by atoms with Gasteiger partial charge in [-0.25, -0.2) is 0 Å². The molecule has 0 saturated heterocycles. The number of carbonyl (C=O) groups is 2. The molecular formula is C11H11N3O3. The lowest BCUT2D eigenvalue weighted by Gasteiger charge is -2.05. The van der Waals surface area contributed by atoms with E-state index < -0.39 is 11.8 Å². The molecule has 1 rings (SSSR count). The monoisotopic (exact) mass is 233 g/mol. The molecule has 0 radical (unpaired) electrons. The number of nitrogens with zero attached hydrogens (tertiary/aromatic N) is 1. The van der Waals surface area contributed by atoms with Crippen molar-refractivity contribution in [3.63, 3.8) is 0 Å². The van der Waals surface area contributed by atoms with Gasteiger partial charge in [-0.1, -0.05) is 0 Å². The van der Waals surface area contributed by atoms with E-state index >= 15 is 0 Å². The zero-order valence-corrected chi connectivity index (χ0v) is 8.97. The van der Waals surface area contributed by atoms with E-state index in [0.29, 0.717) is 11.3 Å². The van der Waals surface area contributed by atoms with Gasteiger partial charge in [0, 0.05) is 5.69 Å². The standard InChI is InChI=1S/C11H11N3O3/c12-5-8-1-3-9(4-2-8)14-11(16)7-17-6-10(13)15/h1-4H,6-7H2,(H2,13,15)(H,14,16). The third-order valence-corrected chi connectivity index (χ3v) is 1.78. The van der Waals surface area contributed by atoms with Crippen LogP contribution in [0.15, 0.2) is 24.3 Å². The molecule has 6 heteroatoms. The zero-order valence-electron chi connectivity index (χ0n) is 8.97. The first kappa shape index (κ1) is 12.7. The molecule has 0 spiro atoms. The maximum absolute atomic E-state index is 11.3. The van der Waals surface area contributed by atoms with Gasteiger partial charge >= 0.3 is 0 Å². The van der Waals surface area contributed by atoms with Crippen LogP contribution >= 0.6 is 0 Å². The molecule has 2 amide bonds. The Bertz CT molecular complexity index is 448. The molecule has 1 aromatic rings. The van der Waals surface area contributed by atoms with E-state index in [1.165, 1.54) is 0 Å². The van der Waals surface area contributed by atoms with E-state index in [0.717, 1.165) is 0 Å². The van der Waals surface area contributed by atoms with E-state index in [9.17, 15) is 9.59 Å². The smallest absolute Gasteiger partial charge is 0.250 e. The van der Waals surface area contributed by atoms with Crippen molar-refractivity contribution in [1.29, 1.82) is 5.26 Å². The molecule has 0 saturated carbocycles. The Hall–Kier alpha value is -2.39. The van der Waals surface area contributed by atoms with E-state index in [-0.39, 0.29) is 13.2 Å². The molecule has 0 aliphatic carbocycles. The molecule has 3 N–H and O–H groups in total. The number of hydrogen-bond acceptors (Lipinski definition) is 4. The second-order valence-electron chi connectivity index (χ2n) is 3.20. The number of ether oxygens (including phenoxy) is 1. The number of benzene rings is 1. The average molecular weight is 233 g/mol. The quantitative estimate of drug-likeness (QED) is 0.746. The molecule has 1 aromatic carbocycles. The number of rotatable bonds is 5. The molecule has 0 aliphatic heterocycles. The van der Waals surface area contributed by atoms with Crippen LogP contribution in [0.4, 0.5) is 5.69 Å². The fourth-order valence-corrected chi connectivity index (χ4v) is 1.07. The van der Waals surface area contributed by atoms with Gasteiger partial charge in [-0.2, -0.15) is 5.26 Å². The van der Waals surface area contributed by atoms with Gasteiger partial charge in [-0.3, -0.25) is 9.59 Å². The third kappa shape index (κ3) is 4.77.